The Bertz CT molecular complexity index is 356. The molecule has 0 heterocycles. The summed E-state index contributed by atoms with van der Waals surface area (Å²) in [7, 11) is 2.17. The quantitative estimate of drug-likeness (QED) is 0.813. The van der Waals surface area contributed by atoms with Crippen LogP contribution in [0.4, 0.5) is 0 Å². The van der Waals surface area contributed by atoms with E-state index in [4.69, 9.17) is 5.73 Å². The van der Waals surface area contributed by atoms with Gasteiger partial charge < -0.3 is 10.6 Å². The van der Waals surface area contributed by atoms with Crippen molar-refractivity contribution in [2.45, 2.75) is 52.6 Å². The molecule has 1 aromatic rings. The van der Waals surface area contributed by atoms with Crippen LogP contribution >= 0.6 is 0 Å². The van der Waals surface area contributed by atoms with Gasteiger partial charge in [-0.25, -0.2) is 0 Å². The highest BCUT2D eigenvalue weighted by molar-refractivity contribution is 5.25. The van der Waals surface area contributed by atoms with E-state index in [9.17, 15) is 0 Å². The molecule has 2 unspecified atom stereocenters. The van der Waals surface area contributed by atoms with Crippen molar-refractivity contribution in [1.82, 2.24) is 4.90 Å². The molecule has 0 aliphatic rings. The maximum absolute atomic E-state index is 6.40. The van der Waals surface area contributed by atoms with Crippen LogP contribution in [0.15, 0.2) is 24.3 Å². The van der Waals surface area contributed by atoms with Gasteiger partial charge in [-0.05, 0) is 50.4 Å². The number of aryl methyl sites for hydroxylation is 1. The lowest BCUT2D eigenvalue weighted by molar-refractivity contribution is 0.215. The molecule has 1 aromatic carbocycles. The van der Waals surface area contributed by atoms with Gasteiger partial charge in [-0.15, -0.1) is 0 Å². The third-order valence-corrected chi connectivity index (χ3v) is 4.05. The van der Waals surface area contributed by atoms with Gasteiger partial charge in [0.05, 0.1) is 0 Å². The summed E-state index contributed by atoms with van der Waals surface area (Å²) in [6.07, 6.45) is 2.31. The number of likely N-dealkylation sites (N-methyl/N-ethyl adjacent to an activating group) is 1. The van der Waals surface area contributed by atoms with Crippen molar-refractivity contribution in [2.24, 2.45) is 11.7 Å². The molecule has 0 bridgehead atoms. The molecule has 2 N–H and O–H groups in total. The van der Waals surface area contributed by atoms with Gasteiger partial charge in [0.15, 0.2) is 0 Å². The lowest BCUT2D eigenvalue weighted by Gasteiger charge is -2.30. The molecular formula is C17H30N2. The summed E-state index contributed by atoms with van der Waals surface area (Å²) in [6, 6.07) is 9.19. The Kier molecular flexibility index (Phi) is 6.53. The zero-order chi connectivity index (χ0) is 14.4. The van der Waals surface area contributed by atoms with Crippen molar-refractivity contribution in [3.8, 4) is 0 Å². The predicted octanol–water partition coefficient (Wildman–Crippen LogP) is 3.62. The van der Waals surface area contributed by atoms with Crippen LogP contribution in [-0.2, 0) is 6.42 Å². The first-order chi connectivity index (χ1) is 8.95. The van der Waals surface area contributed by atoms with Crippen molar-refractivity contribution < 1.29 is 0 Å². The number of nitrogens with zero attached hydrogens (tertiary/aromatic N) is 1. The summed E-state index contributed by atoms with van der Waals surface area (Å²) < 4.78 is 0. The maximum Gasteiger partial charge on any atom is 0.0450 e. The first-order valence-electron chi connectivity index (χ1n) is 7.50. The molecule has 0 amide bonds. The van der Waals surface area contributed by atoms with Gasteiger partial charge in [0.25, 0.3) is 0 Å². The second-order valence-corrected chi connectivity index (χ2v) is 6.02. The standard InChI is InChI=1S/C17H30N2/c1-6-15-7-9-16(10-8-15)17(18)14(4)19(5)12-11-13(2)3/h7-10,13-14,17H,6,11-12,18H2,1-5H3. The molecule has 0 spiro atoms. The third kappa shape index (κ3) is 4.96. The van der Waals surface area contributed by atoms with E-state index in [1.165, 1.54) is 17.5 Å². The smallest absolute Gasteiger partial charge is 0.0450 e. The van der Waals surface area contributed by atoms with Gasteiger partial charge >= 0.3 is 0 Å². The molecule has 0 saturated carbocycles. The Balaban J connectivity index is 2.61. The third-order valence-electron chi connectivity index (χ3n) is 4.05. The minimum atomic E-state index is 0.0862. The van der Waals surface area contributed by atoms with Gasteiger partial charge in [0.1, 0.15) is 0 Å². The molecule has 0 saturated heterocycles. The van der Waals surface area contributed by atoms with Crippen molar-refractivity contribution in [3.63, 3.8) is 0 Å². The Morgan fingerprint density at radius 2 is 1.68 bits per heavy atom. The monoisotopic (exact) mass is 262 g/mol. The van der Waals surface area contributed by atoms with Gasteiger partial charge in [0.2, 0.25) is 0 Å². The fourth-order valence-electron chi connectivity index (χ4n) is 2.19. The summed E-state index contributed by atoms with van der Waals surface area (Å²) in [5.41, 5.74) is 9.00. The zero-order valence-corrected chi connectivity index (χ0v) is 13.2. The van der Waals surface area contributed by atoms with E-state index in [1.807, 2.05) is 0 Å². The fraction of sp³-hybridized carbons (Fsp3) is 0.647. The Morgan fingerprint density at radius 1 is 1.11 bits per heavy atom. The van der Waals surface area contributed by atoms with Crippen LogP contribution in [-0.4, -0.2) is 24.5 Å². The molecule has 0 aliphatic carbocycles. The number of hydrogen-bond donors (Lipinski definition) is 1. The number of rotatable bonds is 7. The van der Waals surface area contributed by atoms with Gasteiger partial charge in [-0.3, -0.25) is 0 Å². The average Bonchev–Trinajstić information content (AvgIpc) is 2.43. The van der Waals surface area contributed by atoms with Crippen molar-refractivity contribution in [2.75, 3.05) is 13.6 Å². The van der Waals surface area contributed by atoms with Crippen molar-refractivity contribution >= 4 is 0 Å². The molecule has 2 heteroatoms. The van der Waals surface area contributed by atoms with E-state index in [0.29, 0.717) is 6.04 Å². The summed E-state index contributed by atoms with van der Waals surface area (Å²) in [5.74, 6) is 0.745. The summed E-state index contributed by atoms with van der Waals surface area (Å²) in [6.45, 7) is 10.0. The summed E-state index contributed by atoms with van der Waals surface area (Å²) in [5, 5.41) is 0. The lowest BCUT2D eigenvalue weighted by Crippen LogP contribution is -2.39. The summed E-state index contributed by atoms with van der Waals surface area (Å²) >= 11 is 0. The first kappa shape index (κ1) is 16.2. The normalized spacial score (nSPS) is 14.9. The van der Waals surface area contributed by atoms with Crippen LogP contribution in [0.2, 0.25) is 0 Å². The molecule has 1 rings (SSSR count). The largest absolute Gasteiger partial charge is 0.323 e. The highest BCUT2D eigenvalue weighted by Crippen LogP contribution is 2.19. The second kappa shape index (κ2) is 7.66. The van der Waals surface area contributed by atoms with E-state index in [1.54, 1.807) is 0 Å². The van der Waals surface area contributed by atoms with Gasteiger partial charge in [-0.1, -0.05) is 45.0 Å². The van der Waals surface area contributed by atoms with Crippen LogP contribution in [0.25, 0.3) is 0 Å². The molecule has 19 heavy (non-hydrogen) atoms. The van der Waals surface area contributed by atoms with E-state index in [-0.39, 0.29) is 6.04 Å². The van der Waals surface area contributed by atoms with Gasteiger partial charge in [0, 0.05) is 12.1 Å². The molecule has 0 radical (unpaired) electrons. The van der Waals surface area contributed by atoms with Crippen LogP contribution < -0.4 is 5.73 Å². The van der Waals surface area contributed by atoms with Gasteiger partial charge in [-0.2, -0.15) is 0 Å². The minimum absolute atomic E-state index is 0.0862. The Morgan fingerprint density at radius 3 is 2.16 bits per heavy atom. The molecule has 0 aromatic heterocycles. The van der Waals surface area contributed by atoms with Crippen LogP contribution in [0.5, 0.6) is 0 Å². The SMILES string of the molecule is CCc1ccc(C(N)C(C)N(C)CCC(C)C)cc1. The molecular weight excluding hydrogens is 232 g/mol. The maximum atomic E-state index is 6.40. The van der Waals surface area contributed by atoms with Crippen molar-refractivity contribution in [3.05, 3.63) is 35.4 Å². The Hall–Kier alpha value is -0.860. The number of nitrogens with two attached hydrogens (primary N) is 1. The highest BCUT2D eigenvalue weighted by atomic mass is 15.1. The topological polar surface area (TPSA) is 29.3 Å². The van der Waals surface area contributed by atoms with Crippen molar-refractivity contribution in [1.29, 1.82) is 0 Å². The molecule has 108 valence electrons. The van der Waals surface area contributed by atoms with E-state index >= 15 is 0 Å². The first-order valence-corrected chi connectivity index (χ1v) is 7.50. The highest BCUT2D eigenvalue weighted by Gasteiger charge is 2.19. The average molecular weight is 262 g/mol. The second-order valence-electron chi connectivity index (χ2n) is 6.02. The fourth-order valence-corrected chi connectivity index (χ4v) is 2.19. The van der Waals surface area contributed by atoms with E-state index in [0.717, 1.165) is 18.9 Å². The number of hydrogen-bond acceptors (Lipinski definition) is 2. The van der Waals surface area contributed by atoms with E-state index < -0.39 is 0 Å². The van der Waals surface area contributed by atoms with Crippen LogP contribution in [0, 0.1) is 5.92 Å². The molecule has 0 aliphatic heterocycles. The summed E-state index contributed by atoms with van der Waals surface area (Å²) in [4.78, 5) is 2.37. The zero-order valence-electron chi connectivity index (χ0n) is 13.2. The van der Waals surface area contributed by atoms with E-state index in [2.05, 4.69) is 63.9 Å². The van der Waals surface area contributed by atoms with Crippen LogP contribution in [0.3, 0.4) is 0 Å². The molecule has 2 nitrogen and oxygen atoms in total. The number of benzene rings is 1. The Labute approximate surface area is 119 Å². The molecule has 0 fully saturated rings. The molecule has 2 atom stereocenters. The predicted molar refractivity (Wildman–Crippen MR) is 84.3 cm³/mol. The lowest BCUT2D eigenvalue weighted by atomic mass is 9.98. The minimum Gasteiger partial charge on any atom is -0.323 e. The van der Waals surface area contributed by atoms with Crippen LogP contribution in [0.1, 0.15) is 51.3 Å².